The molecule has 2 aliphatic rings. The predicted octanol–water partition coefficient (Wildman–Crippen LogP) is 0.425. The molecule has 0 aromatic rings. The van der Waals surface area contributed by atoms with Gasteiger partial charge >= 0.3 is 6.03 Å². The van der Waals surface area contributed by atoms with Crippen LogP contribution in [0.2, 0.25) is 0 Å². The molecule has 0 aliphatic carbocycles. The third-order valence-corrected chi connectivity index (χ3v) is 3.63. The van der Waals surface area contributed by atoms with Crippen molar-refractivity contribution in [2.75, 3.05) is 14.1 Å². The van der Waals surface area contributed by atoms with Gasteiger partial charge in [0.25, 0.3) is 0 Å². The number of amides is 2. The Kier molecular flexibility index (Phi) is 2.65. The molecule has 2 fully saturated rings. The van der Waals surface area contributed by atoms with E-state index in [-0.39, 0.29) is 0 Å². The van der Waals surface area contributed by atoms with Crippen molar-refractivity contribution >= 4 is 11.7 Å². The van der Waals surface area contributed by atoms with Gasteiger partial charge in [0.05, 0.1) is 7.05 Å². The highest BCUT2D eigenvalue weighted by atomic mass is 16.5. The summed E-state index contributed by atoms with van der Waals surface area (Å²) in [6, 6.07) is 0.560. The van der Waals surface area contributed by atoms with Crippen LogP contribution in [0.5, 0.6) is 0 Å². The number of carbonyl (C=O) groups excluding carboxylic acids is 1. The van der Waals surface area contributed by atoms with E-state index in [0.29, 0.717) is 12.1 Å². The number of urea groups is 1. The fourth-order valence-electron chi connectivity index (χ4n) is 2.63. The Hall–Kier alpha value is -1.10. The quantitative estimate of drug-likeness (QED) is 0.265. The summed E-state index contributed by atoms with van der Waals surface area (Å²) in [6.07, 6.45) is 3.95. The molecular formula is C10H18N3O2+. The molecule has 0 aromatic heterocycles. The zero-order chi connectivity index (χ0) is 11.0. The first-order chi connectivity index (χ1) is 7.13. The second-order valence-corrected chi connectivity index (χ2v) is 4.39. The van der Waals surface area contributed by atoms with Crippen LogP contribution >= 0.6 is 0 Å². The van der Waals surface area contributed by atoms with Crippen molar-refractivity contribution in [1.82, 2.24) is 10.2 Å². The Labute approximate surface area is 89.3 Å². The van der Waals surface area contributed by atoms with Crippen LogP contribution in [0.25, 0.3) is 0 Å². The van der Waals surface area contributed by atoms with E-state index in [1.54, 1.807) is 0 Å². The van der Waals surface area contributed by atoms with Crippen molar-refractivity contribution in [3.05, 3.63) is 0 Å². The minimum atomic E-state index is -0.436. The van der Waals surface area contributed by atoms with Gasteiger partial charge in [0.2, 0.25) is 0 Å². The lowest BCUT2D eigenvalue weighted by Crippen LogP contribution is -2.44. The number of fused-ring (bicyclic) bond motifs is 2. The molecule has 2 bridgehead atoms. The molecule has 15 heavy (non-hydrogen) atoms. The topological polar surface area (TPSA) is 55.6 Å². The number of nitrogens with zero attached hydrogens (tertiary/aromatic N) is 2. The van der Waals surface area contributed by atoms with E-state index in [2.05, 4.69) is 17.3 Å². The van der Waals surface area contributed by atoms with Gasteiger partial charge in [0.1, 0.15) is 5.71 Å². The molecule has 2 aliphatic heterocycles. The number of rotatable bonds is 0. The maximum atomic E-state index is 11.3. The smallest absolute Gasteiger partial charge is 0.347 e. The van der Waals surface area contributed by atoms with Gasteiger partial charge in [-0.3, -0.25) is 4.90 Å². The highest BCUT2D eigenvalue weighted by molar-refractivity contribution is 5.86. The summed E-state index contributed by atoms with van der Waals surface area (Å²) in [7, 11) is 3.65. The second-order valence-electron chi connectivity index (χ2n) is 4.39. The van der Waals surface area contributed by atoms with Gasteiger partial charge < -0.3 is 5.21 Å². The summed E-state index contributed by atoms with van der Waals surface area (Å²) < 4.78 is 0.790. The molecule has 0 spiro atoms. The minimum Gasteiger partial charge on any atom is -0.347 e. The van der Waals surface area contributed by atoms with E-state index in [1.165, 1.54) is 19.9 Å². The fourth-order valence-corrected chi connectivity index (χ4v) is 2.63. The van der Waals surface area contributed by atoms with E-state index >= 15 is 0 Å². The van der Waals surface area contributed by atoms with Gasteiger partial charge in [-0.05, 0) is 24.6 Å². The molecule has 2 atom stereocenters. The molecule has 0 saturated carbocycles. The van der Waals surface area contributed by atoms with Gasteiger partial charge in [-0.2, -0.15) is 4.79 Å². The lowest BCUT2D eigenvalue weighted by molar-refractivity contribution is -0.701. The van der Waals surface area contributed by atoms with E-state index < -0.39 is 6.03 Å². The third kappa shape index (κ3) is 1.71. The number of hydrogen-bond donors (Lipinski definition) is 2. The van der Waals surface area contributed by atoms with Crippen molar-refractivity contribution in [2.45, 2.75) is 37.8 Å². The first-order valence-electron chi connectivity index (χ1n) is 5.41. The van der Waals surface area contributed by atoms with Crippen molar-refractivity contribution in [2.24, 2.45) is 0 Å². The Bertz CT molecular complexity index is 298. The molecule has 2 rings (SSSR count). The molecule has 0 aromatic carbocycles. The van der Waals surface area contributed by atoms with E-state index in [9.17, 15) is 10.0 Å². The van der Waals surface area contributed by atoms with Gasteiger partial charge in [-0.15, -0.1) is 0 Å². The van der Waals surface area contributed by atoms with Crippen molar-refractivity contribution in [1.29, 1.82) is 0 Å². The first kappa shape index (κ1) is 10.4. The summed E-state index contributed by atoms with van der Waals surface area (Å²) in [5.41, 5.74) is 0.847. The minimum absolute atomic E-state index is 0.436. The SMILES string of the molecule is CNC(=O)[N+](O)=C1C[C@H]2CC[C@@H](C1)N2C. The summed E-state index contributed by atoms with van der Waals surface area (Å²) in [5.74, 6) is 0. The van der Waals surface area contributed by atoms with Crippen LogP contribution in [-0.2, 0) is 0 Å². The monoisotopic (exact) mass is 212 g/mol. The molecule has 2 heterocycles. The third-order valence-electron chi connectivity index (χ3n) is 3.63. The Morgan fingerprint density at radius 2 is 2.00 bits per heavy atom. The van der Waals surface area contributed by atoms with Gasteiger partial charge in [-0.1, -0.05) is 0 Å². The maximum Gasteiger partial charge on any atom is 0.529 e. The molecular weight excluding hydrogens is 194 g/mol. The normalized spacial score (nSPS) is 34.0. The van der Waals surface area contributed by atoms with Crippen LogP contribution in [0, 0.1) is 0 Å². The van der Waals surface area contributed by atoms with E-state index in [1.807, 2.05) is 0 Å². The second kappa shape index (κ2) is 3.81. The van der Waals surface area contributed by atoms with Crippen LogP contribution in [0.15, 0.2) is 0 Å². The van der Waals surface area contributed by atoms with Crippen LogP contribution in [-0.4, -0.2) is 52.8 Å². The van der Waals surface area contributed by atoms with Crippen LogP contribution in [0.3, 0.4) is 0 Å². The lowest BCUT2D eigenvalue weighted by atomic mass is 10.0. The number of nitrogens with one attached hydrogen (secondary N) is 1. The maximum absolute atomic E-state index is 11.3. The molecule has 2 amide bonds. The molecule has 5 nitrogen and oxygen atoms in total. The largest absolute Gasteiger partial charge is 0.529 e. The van der Waals surface area contributed by atoms with Crippen molar-refractivity contribution in [3.8, 4) is 0 Å². The zero-order valence-corrected chi connectivity index (χ0v) is 9.23. The molecule has 0 radical (unpaired) electrons. The fraction of sp³-hybridized carbons (Fsp3) is 0.800. The standard InChI is InChI=1S/C10H17N3O2/c1-11-10(14)13(15)9-5-7-3-4-8(6-9)12(7)2/h7-8H,3-6H2,1-2H3,(H-,11,14,15)/p+1/t7-,8+. The Morgan fingerprint density at radius 3 is 2.47 bits per heavy atom. The molecule has 2 N–H and O–H groups in total. The summed E-state index contributed by atoms with van der Waals surface area (Å²) in [5, 5.41) is 12.1. The molecule has 84 valence electrons. The van der Waals surface area contributed by atoms with Gasteiger partial charge in [0.15, 0.2) is 0 Å². The highest BCUT2D eigenvalue weighted by Crippen LogP contribution is 2.32. The van der Waals surface area contributed by atoms with Gasteiger partial charge in [0, 0.05) is 24.9 Å². The zero-order valence-electron chi connectivity index (χ0n) is 9.23. The van der Waals surface area contributed by atoms with Crippen LogP contribution in [0.4, 0.5) is 4.79 Å². The van der Waals surface area contributed by atoms with Crippen molar-refractivity contribution < 1.29 is 14.7 Å². The predicted molar refractivity (Wildman–Crippen MR) is 55.3 cm³/mol. The van der Waals surface area contributed by atoms with Crippen LogP contribution in [0.1, 0.15) is 25.7 Å². The summed E-state index contributed by atoms with van der Waals surface area (Å²) >= 11 is 0. The number of hydroxylamine groups is 1. The van der Waals surface area contributed by atoms with E-state index in [0.717, 1.165) is 23.3 Å². The Balaban J connectivity index is 2.17. The molecule has 2 saturated heterocycles. The Morgan fingerprint density at radius 1 is 1.47 bits per heavy atom. The average Bonchev–Trinajstić information content (AvgIpc) is 2.50. The lowest BCUT2D eigenvalue weighted by Gasteiger charge is -2.30. The summed E-state index contributed by atoms with van der Waals surface area (Å²) in [6.45, 7) is 0. The highest BCUT2D eigenvalue weighted by Gasteiger charge is 2.39. The molecule has 0 unspecified atom stereocenters. The van der Waals surface area contributed by atoms with Gasteiger partial charge in [-0.25, -0.2) is 5.32 Å². The first-order valence-corrected chi connectivity index (χ1v) is 5.41. The molecule has 5 heteroatoms. The summed E-state index contributed by atoms with van der Waals surface area (Å²) in [4.78, 5) is 13.6. The van der Waals surface area contributed by atoms with E-state index in [4.69, 9.17) is 0 Å². The number of carbonyl (C=O) groups is 1. The number of piperidine rings is 1. The van der Waals surface area contributed by atoms with Crippen LogP contribution < -0.4 is 5.32 Å². The number of hydrogen-bond acceptors (Lipinski definition) is 3. The van der Waals surface area contributed by atoms with Crippen molar-refractivity contribution in [3.63, 3.8) is 0 Å². The average molecular weight is 212 g/mol.